The van der Waals surface area contributed by atoms with Crippen molar-refractivity contribution in [2.75, 3.05) is 52.0 Å². The van der Waals surface area contributed by atoms with Gasteiger partial charge in [0.15, 0.2) is 0 Å². The lowest BCUT2D eigenvalue weighted by atomic mass is 10.1. The summed E-state index contributed by atoms with van der Waals surface area (Å²) in [6.45, 7) is 8.15. The molecule has 3 nitrogen and oxygen atoms in total. The van der Waals surface area contributed by atoms with Gasteiger partial charge < -0.3 is 14.4 Å². The van der Waals surface area contributed by atoms with Crippen LogP contribution in [0.15, 0.2) is 48.6 Å². The summed E-state index contributed by atoms with van der Waals surface area (Å²) < 4.78 is 12.5. The first kappa shape index (κ1) is 48.5. The van der Waals surface area contributed by atoms with Crippen molar-refractivity contribution < 1.29 is 9.47 Å². The molecular formula is C44H83NO2S2. The molecule has 0 N–H and O–H groups in total. The molecule has 0 aromatic rings. The second-order valence-corrected chi connectivity index (χ2v) is 16.6. The maximum Gasteiger partial charge on any atom is 0.0906 e. The van der Waals surface area contributed by atoms with E-state index in [9.17, 15) is 0 Å². The fourth-order valence-electron chi connectivity index (χ4n) is 5.45. The molecule has 0 aliphatic rings. The molecule has 0 saturated heterocycles. The first-order chi connectivity index (χ1) is 24.2. The van der Waals surface area contributed by atoms with Gasteiger partial charge in [-0.15, -0.1) is 0 Å². The molecule has 0 spiro atoms. The van der Waals surface area contributed by atoms with Crippen LogP contribution in [0, 0.1) is 0 Å². The molecule has 0 heterocycles. The molecule has 0 amide bonds. The summed E-state index contributed by atoms with van der Waals surface area (Å²) in [7, 11) is 8.21. The Balaban J connectivity index is 3.83. The monoisotopic (exact) mass is 722 g/mol. The van der Waals surface area contributed by atoms with Crippen molar-refractivity contribution in [1.29, 1.82) is 0 Å². The van der Waals surface area contributed by atoms with E-state index in [0.29, 0.717) is 0 Å². The number of hydrogen-bond acceptors (Lipinski definition) is 5. The van der Waals surface area contributed by atoms with Crippen molar-refractivity contribution in [3.8, 4) is 0 Å². The predicted octanol–water partition coefficient (Wildman–Crippen LogP) is 14.3. The lowest BCUT2D eigenvalue weighted by Gasteiger charge is -2.18. The van der Waals surface area contributed by atoms with Gasteiger partial charge in [0, 0.05) is 31.3 Å². The third-order valence-corrected chi connectivity index (χ3v) is 11.1. The van der Waals surface area contributed by atoms with Gasteiger partial charge in [-0.05, 0) is 97.6 Å². The van der Waals surface area contributed by atoms with E-state index in [1.165, 1.54) is 154 Å². The van der Waals surface area contributed by atoms with Crippen LogP contribution in [0.5, 0.6) is 0 Å². The van der Waals surface area contributed by atoms with Crippen LogP contribution in [0.25, 0.3) is 0 Å². The lowest BCUT2D eigenvalue weighted by Crippen LogP contribution is -2.23. The highest BCUT2D eigenvalue weighted by Gasteiger charge is 2.10. The molecule has 0 radical (unpaired) electrons. The minimum atomic E-state index is 0.213. The van der Waals surface area contributed by atoms with E-state index in [-0.39, 0.29) is 6.10 Å². The highest BCUT2D eigenvalue weighted by atomic mass is 33.1. The normalized spacial score (nSPS) is 13.1. The first-order valence-electron chi connectivity index (χ1n) is 20.9. The summed E-state index contributed by atoms with van der Waals surface area (Å²) in [5.41, 5.74) is 0. The summed E-state index contributed by atoms with van der Waals surface area (Å²) in [6, 6.07) is 0. The van der Waals surface area contributed by atoms with E-state index in [4.69, 9.17) is 9.47 Å². The number of rotatable bonds is 40. The Morgan fingerprint density at radius 3 is 1.47 bits per heavy atom. The van der Waals surface area contributed by atoms with Crippen molar-refractivity contribution in [2.24, 2.45) is 0 Å². The van der Waals surface area contributed by atoms with Crippen LogP contribution in [-0.2, 0) is 9.47 Å². The maximum absolute atomic E-state index is 6.33. The topological polar surface area (TPSA) is 21.7 Å². The Morgan fingerprint density at radius 2 is 0.939 bits per heavy atom. The third kappa shape index (κ3) is 43.6. The molecule has 0 saturated carbocycles. The molecule has 1 atom stereocenters. The summed E-state index contributed by atoms with van der Waals surface area (Å²) in [5.74, 6) is 2.18. The minimum absolute atomic E-state index is 0.213. The van der Waals surface area contributed by atoms with Gasteiger partial charge in [0.25, 0.3) is 0 Å². The van der Waals surface area contributed by atoms with Crippen LogP contribution in [0.2, 0.25) is 0 Å². The average molecular weight is 722 g/mol. The largest absolute Gasteiger partial charge is 0.379 e. The van der Waals surface area contributed by atoms with E-state index < -0.39 is 0 Å². The van der Waals surface area contributed by atoms with Gasteiger partial charge in [-0.1, -0.05) is 161 Å². The van der Waals surface area contributed by atoms with E-state index in [2.05, 4.69) is 81.5 Å². The zero-order valence-electron chi connectivity index (χ0n) is 33.2. The molecule has 0 fully saturated rings. The molecule has 0 aliphatic heterocycles. The van der Waals surface area contributed by atoms with Crippen LogP contribution in [0.1, 0.15) is 174 Å². The summed E-state index contributed by atoms with van der Waals surface area (Å²) in [4.78, 5) is 2.25. The van der Waals surface area contributed by atoms with Gasteiger partial charge in [-0.2, -0.15) is 0 Å². The van der Waals surface area contributed by atoms with E-state index in [0.717, 1.165) is 44.3 Å². The predicted molar refractivity (Wildman–Crippen MR) is 227 cm³/mol. The van der Waals surface area contributed by atoms with Crippen molar-refractivity contribution in [3.63, 3.8) is 0 Å². The lowest BCUT2D eigenvalue weighted by molar-refractivity contribution is -0.00609. The van der Waals surface area contributed by atoms with Crippen molar-refractivity contribution in [1.82, 2.24) is 4.90 Å². The Bertz CT molecular complexity index is 736. The Morgan fingerprint density at radius 1 is 0.490 bits per heavy atom. The van der Waals surface area contributed by atoms with E-state index >= 15 is 0 Å². The van der Waals surface area contributed by atoms with Crippen LogP contribution in [-0.4, -0.2) is 63.0 Å². The number of hydrogen-bond donors (Lipinski definition) is 0. The Labute approximate surface area is 315 Å². The average Bonchev–Trinajstić information content (AvgIpc) is 3.09. The van der Waals surface area contributed by atoms with Crippen molar-refractivity contribution in [2.45, 2.75) is 180 Å². The highest BCUT2D eigenvalue weighted by molar-refractivity contribution is 8.76. The van der Waals surface area contributed by atoms with Crippen molar-refractivity contribution in [3.05, 3.63) is 48.6 Å². The second-order valence-electron chi connectivity index (χ2n) is 14.0. The van der Waals surface area contributed by atoms with Crippen molar-refractivity contribution >= 4 is 21.6 Å². The standard InChI is InChI=1S/C44H83NO2S2/c1-5-7-9-11-13-15-17-19-21-23-24-26-28-30-32-34-36-39-46-42-44(43-49-48-41-38-45(3)4)47-40-37-35-33-31-29-27-25-22-20-18-16-14-12-10-8-6-2/h13-16,20-23,44H,5-12,17-19,24-43H2,1-4H3. The SMILES string of the molecule is CCCCCC=CCC=CCCCCCCCCOC(COCCCCCCCCC=CCCC=CCCCCC)CSSCCN(C)C. The Hall–Kier alpha value is -0.460. The van der Waals surface area contributed by atoms with Gasteiger partial charge in [0.2, 0.25) is 0 Å². The maximum atomic E-state index is 6.33. The fourth-order valence-corrected chi connectivity index (χ4v) is 7.77. The number of nitrogens with zero attached hydrogens (tertiary/aromatic N) is 1. The van der Waals surface area contributed by atoms with E-state index in [1.54, 1.807) is 0 Å². The molecule has 0 bridgehead atoms. The molecule has 49 heavy (non-hydrogen) atoms. The summed E-state index contributed by atoms with van der Waals surface area (Å²) >= 11 is 0. The minimum Gasteiger partial charge on any atom is -0.379 e. The highest BCUT2D eigenvalue weighted by Crippen LogP contribution is 2.23. The van der Waals surface area contributed by atoms with Crippen LogP contribution < -0.4 is 0 Å². The molecule has 5 heteroatoms. The van der Waals surface area contributed by atoms with Gasteiger partial charge in [-0.25, -0.2) is 0 Å². The molecule has 1 unspecified atom stereocenters. The second kappa shape index (κ2) is 43.7. The molecule has 288 valence electrons. The quantitative estimate of drug-likeness (QED) is 0.0356. The number of unbranched alkanes of at least 4 members (excludes halogenated alkanes) is 19. The van der Waals surface area contributed by atoms with E-state index in [1.807, 2.05) is 21.6 Å². The van der Waals surface area contributed by atoms with Crippen LogP contribution in [0.4, 0.5) is 0 Å². The summed E-state index contributed by atoms with van der Waals surface area (Å²) in [5, 5.41) is 0. The first-order valence-corrected chi connectivity index (χ1v) is 23.4. The molecule has 0 aliphatic carbocycles. The van der Waals surface area contributed by atoms with Gasteiger partial charge in [0.1, 0.15) is 0 Å². The zero-order valence-corrected chi connectivity index (χ0v) is 34.8. The number of ether oxygens (including phenoxy) is 2. The molecule has 0 aromatic carbocycles. The smallest absolute Gasteiger partial charge is 0.0906 e. The van der Waals surface area contributed by atoms with Gasteiger partial charge in [-0.3, -0.25) is 0 Å². The third-order valence-electron chi connectivity index (χ3n) is 8.68. The van der Waals surface area contributed by atoms with Gasteiger partial charge >= 0.3 is 0 Å². The molecule has 0 rings (SSSR count). The van der Waals surface area contributed by atoms with Crippen LogP contribution in [0.3, 0.4) is 0 Å². The zero-order chi connectivity index (χ0) is 35.6. The van der Waals surface area contributed by atoms with Crippen LogP contribution >= 0.6 is 21.6 Å². The molecule has 0 aromatic heterocycles. The number of allylic oxidation sites excluding steroid dienone is 8. The molecular weight excluding hydrogens is 639 g/mol. The fraction of sp³-hybridized carbons (Fsp3) is 0.818. The summed E-state index contributed by atoms with van der Waals surface area (Å²) in [6.07, 6.45) is 51.3. The Kier molecular flexibility index (Phi) is 43.3. The van der Waals surface area contributed by atoms with Gasteiger partial charge in [0.05, 0.1) is 12.7 Å².